The van der Waals surface area contributed by atoms with Crippen LogP contribution in [0.3, 0.4) is 0 Å². The van der Waals surface area contributed by atoms with Crippen molar-refractivity contribution in [3.8, 4) is 0 Å². The topological polar surface area (TPSA) is 47.9 Å². The number of nitrogens with one attached hydrogen (secondary N) is 1. The standard InChI is InChI=1S/C10H10F3N3OS/c11-10(12,13)7-2-1-3-8(6-7)15-16(17)9-14-4-5-18-9/h1-3,6,15,17H,4-5H2. The number of anilines is 1. The van der Waals surface area contributed by atoms with Crippen molar-refractivity contribution in [3.63, 3.8) is 0 Å². The molecule has 2 rings (SSSR count). The molecule has 1 aliphatic heterocycles. The second-order valence-electron chi connectivity index (χ2n) is 3.51. The molecule has 0 atom stereocenters. The van der Waals surface area contributed by atoms with E-state index in [-0.39, 0.29) is 5.69 Å². The molecule has 98 valence electrons. The molecule has 0 amide bonds. The average Bonchev–Trinajstić information content (AvgIpc) is 2.81. The predicted octanol–water partition coefficient (Wildman–Crippen LogP) is 2.83. The van der Waals surface area contributed by atoms with Crippen LogP contribution in [0.4, 0.5) is 18.9 Å². The summed E-state index contributed by atoms with van der Waals surface area (Å²) < 4.78 is 37.4. The molecule has 0 bridgehead atoms. The Bertz CT molecular complexity index is 464. The van der Waals surface area contributed by atoms with Gasteiger partial charge in [-0.25, -0.2) is 0 Å². The Balaban J connectivity index is 2.09. The molecule has 0 saturated heterocycles. The number of hydrogen-bond acceptors (Lipinski definition) is 5. The number of halogens is 3. The van der Waals surface area contributed by atoms with E-state index in [0.717, 1.165) is 17.9 Å². The first-order valence-electron chi connectivity index (χ1n) is 5.07. The Morgan fingerprint density at radius 1 is 1.39 bits per heavy atom. The highest BCUT2D eigenvalue weighted by Crippen LogP contribution is 2.30. The lowest BCUT2D eigenvalue weighted by molar-refractivity contribution is -0.137. The van der Waals surface area contributed by atoms with Gasteiger partial charge in [0.2, 0.25) is 5.17 Å². The highest BCUT2D eigenvalue weighted by Gasteiger charge is 2.30. The number of nitrogens with zero attached hydrogens (tertiary/aromatic N) is 2. The van der Waals surface area contributed by atoms with Gasteiger partial charge in [0.05, 0.1) is 17.8 Å². The third-order valence-electron chi connectivity index (χ3n) is 2.18. The van der Waals surface area contributed by atoms with Crippen molar-refractivity contribution < 1.29 is 18.4 Å². The maximum atomic E-state index is 12.5. The van der Waals surface area contributed by atoms with Crippen LogP contribution in [-0.2, 0) is 6.18 Å². The SMILES string of the molecule is ON(Nc1cccc(C(F)(F)F)c1)C1=NCCS1. The van der Waals surface area contributed by atoms with E-state index in [9.17, 15) is 18.4 Å². The molecule has 0 fully saturated rings. The first kappa shape index (κ1) is 13.0. The summed E-state index contributed by atoms with van der Waals surface area (Å²) in [4.78, 5) is 3.97. The maximum Gasteiger partial charge on any atom is 0.416 e. The van der Waals surface area contributed by atoms with E-state index in [2.05, 4.69) is 10.4 Å². The number of alkyl halides is 3. The Morgan fingerprint density at radius 2 is 2.17 bits per heavy atom. The van der Waals surface area contributed by atoms with Gasteiger partial charge in [0.1, 0.15) is 0 Å². The zero-order chi connectivity index (χ0) is 13.2. The first-order valence-corrected chi connectivity index (χ1v) is 6.05. The van der Waals surface area contributed by atoms with Crippen molar-refractivity contribution >= 4 is 22.6 Å². The minimum absolute atomic E-state index is 0.141. The summed E-state index contributed by atoms with van der Waals surface area (Å²) in [5, 5.41) is 10.6. The van der Waals surface area contributed by atoms with Crippen LogP contribution >= 0.6 is 11.8 Å². The van der Waals surface area contributed by atoms with Gasteiger partial charge in [0.25, 0.3) is 0 Å². The number of rotatable bonds is 2. The lowest BCUT2D eigenvalue weighted by Gasteiger charge is -2.18. The number of hydrazine groups is 1. The monoisotopic (exact) mass is 277 g/mol. The molecule has 0 unspecified atom stereocenters. The van der Waals surface area contributed by atoms with E-state index in [4.69, 9.17) is 0 Å². The Labute approximate surface area is 105 Å². The molecule has 8 heteroatoms. The van der Waals surface area contributed by atoms with Gasteiger partial charge in [-0.15, -0.1) is 5.17 Å². The second kappa shape index (κ2) is 5.07. The molecule has 0 spiro atoms. The van der Waals surface area contributed by atoms with Crippen LogP contribution in [0, 0.1) is 0 Å². The van der Waals surface area contributed by atoms with E-state index in [1.165, 1.54) is 23.9 Å². The average molecular weight is 277 g/mol. The molecule has 0 radical (unpaired) electrons. The Kier molecular flexibility index (Phi) is 3.67. The van der Waals surface area contributed by atoms with Gasteiger partial charge in [-0.05, 0) is 18.2 Å². The number of benzene rings is 1. The summed E-state index contributed by atoms with van der Waals surface area (Å²) in [6, 6.07) is 4.58. The van der Waals surface area contributed by atoms with E-state index in [0.29, 0.717) is 16.9 Å². The van der Waals surface area contributed by atoms with Crippen LogP contribution in [0.25, 0.3) is 0 Å². The maximum absolute atomic E-state index is 12.5. The van der Waals surface area contributed by atoms with Crippen LogP contribution in [0.15, 0.2) is 29.3 Å². The molecular formula is C10H10F3N3OS. The van der Waals surface area contributed by atoms with Gasteiger partial charge in [-0.3, -0.25) is 15.6 Å². The van der Waals surface area contributed by atoms with E-state index in [1.807, 2.05) is 0 Å². The molecule has 0 aromatic heterocycles. The summed E-state index contributed by atoms with van der Waals surface area (Å²) in [7, 11) is 0. The summed E-state index contributed by atoms with van der Waals surface area (Å²) in [5.74, 6) is 0.747. The van der Waals surface area contributed by atoms with E-state index in [1.54, 1.807) is 0 Å². The summed E-state index contributed by atoms with van der Waals surface area (Å²) in [6.07, 6.45) is -4.41. The van der Waals surface area contributed by atoms with Gasteiger partial charge in [-0.2, -0.15) is 13.2 Å². The predicted molar refractivity (Wildman–Crippen MR) is 63.5 cm³/mol. The highest BCUT2D eigenvalue weighted by atomic mass is 32.2. The Hall–Kier alpha value is -1.41. The number of thioether (sulfide) groups is 1. The molecule has 18 heavy (non-hydrogen) atoms. The normalized spacial score (nSPS) is 15.4. The van der Waals surface area contributed by atoms with Crippen molar-refractivity contribution in [2.24, 2.45) is 4.99 Å². The fourth-order valence-corrected chi connectivity index (χ4v) is 2.10. The molecule has 1 heterocycles. The number of amidine groups is 1. The number of hydroxylamine groups is 1. The van der Waals surface area contributed by atoms with Crippen LogP contribution in [-0.4, -0.2) is 27.8 Å². The van der Waals surface area contributed by atoms with Crippen molar-refractivity contribution in [1.82, 2.24) is 5.17 Å². The fourth-order valence-electron chi connectivity index (χ4n) is 1.39. The highest BCUT2D eigenvalue weighted by molar-refractivity contribution is 8.14. The van der Waals surface area contributed by atoms with Crippen LogP contribution < -0.4 is 5.43 Å². The van der Waals surface area contributed by atoms with Gasteiger partial charge >= 0.3 is 6.18 Å². The van der Waals surface area contributed by atoms with Gasteiger partial charge in [0, 0.05) is 5.75 Å². The number of hydrogen-bond donors (Lipinski definition) is 2. The van der Waals surface area contributed by atoms with Crippen LogP contribution in [0.1, 0.15) is 5.56 Å². The van der Waals surface area contributed by atoms with E-state index < -0.39 is 11.7 Å². The third kappa shape index (κ3) is 3.08. The quantitative estimate of drug-likeness (QED) is 0.816. The lowest BCUT2D eigenvalue weighted by Crippen LogP contribution is -2.30. The Morgan fingerprint density at radius 3 is 2.78 bits per heavy atom. The van der Waals surface area contributed by atoms with Crippen molar-refractivity contribution in [2.75, 3.05) is 17.7 Å². The summed E-state index contributed by atoms with van der Waals surface area (Å²) in [5.41, 5.74) is 1.80. The van der Waals surface area contributed by atoms with Gasteiger partial charge in [0.15, 0.2) is 0 Å². The molecule has 2 N–H and O–H groups in total. The number of aliphatic imine (C=N–C) groups is 1. The molecule has 0 aliphatic carbocycles. The smallest absolute Gasteiger partial charge is 0.273 e. The largest absolute Gasteiger partial charge is 0.416 e. The second-order valence-corrected chi connectivity index (χ2v) is 4.58. The minimum Gasteiger partial charge on any atom is -0.273 e. The molecular weight excluding hydrogens is 267 g/mol. The van der Waals surface area contributed by atoms with Gasteiger partial charge < -0.3 is 0 Å². The summed E-state index contributed by atoms with van der Waals surface area (Å²) in [6.45, 7) is 0.585. The minimum atomic E-state index is -4.41. The zero-order valence-electron chi connectivity index (χ0n) is 9.11. The van der Waals surface area contributed by atoms with Gasteiger partial charge in [-0.1, -0.05) is 17.8 Å². The summed E-state index contributed by atoms with van der Waals surface area (Å²) >= 11 is 1.32. The first-order chi connectivity index (χ1) is 8.47. The van der Waals surface area contributed by atoms with Crippen LogP contribution in [0.2, 0.25) is 0 Å². The molecule has 1 aromatic carbocycles. The lowest BCUT2D eigenvalue weighted by atomic mass is 10.2. The third-order valence-corrected chi connectivity index (χ3v) is 3.12. The van der Waals surface area contributed by atoms with E-state index >= 15 is 0 Å². The molecule has 4 nitrogen and oxygen atoms in total. The van der Waals surface area contributed by atoms with Crippen molar-refractivity contribution in [3.05, 3.63) is 29.8 Å². The molecule has 1 aliphatic rings. The van der Waals surface area contributed by atoms with Crippen LogP contribution in [0.5, 0.6) is 0 Å². The molecule has 0 saturated carbocycles. The van der Waals surface area contributed by atoms with Crippen molar-refractivity contribution in [1.29, 1.82) is 0 Å². The fraction of sp³-hybridized carbons (Fsp3) is 0.300. The van der Waals surface area contributed by atoms with Crippen molar-refractivity contribution in [2.45, 2.75) is 6.18 Å². The zero-order valence-corrected chi connectivity index (χ0v) is 9.92. The molecule has 1 aromatic rings.